The number of carboxylic acids is 1. The number of aromatic carboxylic acids is 1. The summed E-state index contributed by atoms with van der Waals surface area (Å²) in [5.74, 6) is -0.991. The Hall–Kier alpha value is -2.89. The molecule has 1 N–H and O–H groups in total. The number of fused-ring (bicyclic) bond motifs is 1. The maximum absolute atomic E-state index is 12.1. The highest BCUT2D eigenvalue weighted by atomic mass is 16.4. The normalized spacial score (nSPS) is 10.8. The number of nitrogens with zero attached hydrogens (tertiary/aromatic N) is 3. The van der Waals surface area contributed by atoms with Crippen LogP contribution >= 0.6 is 0 Å². The molecule has 0 aliphatic rings. The van der Waals surface area contributed by atoms with Gasteiger partial charge in [-0.2, -0.15) is 0 Å². The van der Waals surface area contributed by atoms with E-state index >= 15 is 0 Å². The molecule has 0 fully saturated rings. The van der Waals surface area contributed by atoms with E-state index in [-0.39, 0.29) is 17.8 Å². The highest BCUT2D eigenvalue weighted by molar-refractivity contribution is 5.87. The number of carboxylic acid groups (broad SMARTS) is 1. The van der Waals surface area contributed by atoms with Crippen molar-refractivity contribution < 1.29 is 9.90 Å². The van der Waals surface area contributed by atoms with Crippen molar-refractivity contribution in [2.24, 2.45) is 0 Å². The van der Waals surface area contributed by atoms with E-state index < -0.39 is 5.97 Å². The van der Waals surface area contributed by atoms with E-state index in [1.54, 1.807) is 42.6 Å². The van der Waals surface area contributed by atoms with Crippen molar-refractivity contribution in [3.8, 4) is 0 Å². The summed E-state index contributed by atoms with van der Waals surface area (Å²) >= 11 is 0. The molecule has 0 amide bonds. The van der Waals surface area contributed by atoms with Crippen molar-refractivity contribution in [2.75, 3.05) is 0 Å². The van der Waals surface area contributed by atoms with Crippen LogP contribution in [0.1, 0.15) is 15.9 Å². The molecule has 2 aromatic heterocycles. The van der Waals surface area contributed by atoms with Crippen LogP contribution in [0.5, 0.6) is 0 Å². The van der Waals surface area contributed by atoms with Crippen molar-refractivity contribution in [1.29, 1.82) is 0 Å². The van der Waals surface area contributed by atoms with E-state index in [1.165, 1.54) is 15.1 Å². The van der Waals surface area contributed by atoms with Crippen LogP contribution in [-0.2, 0) is 6.54 Å². The summed E-state index contributed by atoms with van der Waals surface area (Å²) in [6.45, 7) is 0.238. The van der Waals surface area contributed by atoms with Crippen molar-refractivity contribution in [3.05, 3.63) is 70.3 Å². The second-order valence-electron chi connectivity index (χ2n) is 4.37. The molecule has 1 aromatic carbocycles. The van der Waals surface area contributed by atoms with Gasteiger partial charge in [0.05, 0.1) is 12.1 Å². The molecule has 0 bridgehead atoms. The van der Waals surface area contributed by atoms with Crippen molar-refractivity contribution in [3.63, 3.8) is 0 Å². The van der Waals surface area contributed by atoms with E-state index in [9.17, 15) is 9.59 Å². The Balaban J connectivity index is 2.01. The predicted molar refractivity (Wildman–Crippen MR) is 72.0 cm³/mol. The Kier molecular flexibility index (Phi) is 2.83. The second kappa shape index (κ2) is 4.65. The van der Waals surface area contributed by atoms with Crippen LogP contribution in [0.3, 0.4) is 0 Å². The monoisotopic (exact) mass is 269 g/mol. The molecule has 3 aromatic rings. The maximum Gasteiger partial charge on any atom is 0.350 e. The number of hydrogen-bond acceptors (Lipinski definition) is 3. The summed E-state index contributed by atoms with van der Waals surface area (Å²) in [5, 5.41) is 13.2. The lowest BCUT2D eigenvalue weighted by atomic mass is 10.1. The van der Waals surface area contributed by atoms with Crippen LogP contribution in [0.4, 0.5) is 0 Å². The summed E-state index contributed by atoms with van der Waals surface area (Å²) in [4.78, 5) is 23.0. The van der Waals surface area contributed by atoms with Gasteiger partial charge in [-0.3, -0.25) is 4.40 Å². The predicted octanol–water partition coefficient (Wildman–Crippen LogP) is 1.24. The highest BCUT2D eigenvalue weighted by Crippen LogP contribution is 2.06. The average Bonchev–Trinajstić information content (AvgIpc) is 2.76. The number of aromatic nitrogens is 3. The summed E-state index contributed by atoms with van der Waals surface area (Å²) in [6, 6.07) is 11.8. The van der Waals surface area contributed by atoms with Gasteiger partial charge in [-0.05, 0) is 29.8 Å². The third-order valence-corrected chi connectivity index (χ3v) is 2.99. The Labute approximate surface area is 113 Å². The highest BCUT2D eigenvalue weighted by Gasteiger charge is 2.08. The fraction of sp³-hybridized carbons (Fsp3) is 0.0714. The number of rotatable bonds is 3. The van der Waals surface area contributed by atoms with E-state index in [1.807, 2.05) is 0 Å². The SMILES string of the molecule is O=C(O)c1cccc(Cn2nc3ccccn3c2=O)c1. The Morgan fingerprint density at radius 3 is 2.80 bits per heavy atom. The lowest BCUT2D eigenvalue weighted by Crippen LogP contribution is -2.21. The van der Waals surface area contributed by atoms with Crippen molar-refractivity contribution in [1.82, 2.24) is 14.2 Å². The molecule has 6 nitrogen and oxygen atoms in total. The largest absolute Gasteiger partial charge is 0.478 e. The van der Waals surface area contributed by atoms with Gasteiger partial charge in [0, 0.05) is 6.20 Å². The van der Waals surface area contributed by atoms with E-state index in [0.717, 1.165) is 5.56 Å². The second-order valence-corrected chi connectivity index (χ2v) is 4.37. The van der Waals surface area contributed by atoms with Gasteiger partial charge < -0.3 is 5.11 Å². The molecule has 20 heavy (non-hydrogen) atoms. The zero-order chi connectivity index (χ0) is 14.1. The number of benzene rings is 1. The van der Waals surface area contributed by atoms with Crippen LogP contribution in [0.2, 0.25) is 0 Å². The van der Waals surface area contributed by atoms with Gasteiger partial charge in [-0.15, -0.1) is 5.10 Å². The molecular formula is C14H11N3O3. The molecule has 0 saturated carbocycles. The topological polar surface area (TPSA) is 76.6 Å². The zero-order valence-electron chi connectivity index (χ0n) is 10.4. The first-order valence-corrected chi connectivity index (χ1v) is 6.01. The molecular weight excluding hydrogens is 258 g/mol. The number of carbonyl (C=O) groups is 1. The molecule has 0 unspecified atom stereocenters. The lowest BCUT2D eigenvalue weighted by molar-refractivity contribution is 0.0696. The van der Waals surface area contributed by atoms with Crippen LogP contribution in [0.25, 0.3) is 5.65 Å². The quantitative estimate of drug-likeness (QED) is 0.776. The van der Waals surface area contributed by atoms with E-state index in [2.05, 4.69) is 5.10 Å². The van der Waals surface area contributed by atoms with Gasteiger partial charge in [0.1, 0.15) is 0 Å². The third kappa shape index (κ3) is 2.07. The van der Waals surface area contributed by atoms with Gasteiger partial charge in [0.15, 0.2) is 5.65 Å². The minimum absolute atomic E-state index is 0.194. The Morgan fingerprint density at radius 2 is 2.05 bits per heavy atom. The van der Waals surface area contributed by atoms with Gasteiger partial charge in [0.25, 0.3) is 0 Å². The molecule has 100 valence electrons. The fourth-order valence-electron chi connectivity index (χ4n) is 2.05. The van der Waals surface area contributed by atoms with Crippen LogP contribution in [0, 0.1) is 0 Å². The molecule has 0 atom stereocenters. The first kappa shape index (κ1) is 12.2. The minimum atomic E-state index is -0.991. The number of pyridine rings is 1. The number of hydrogen-bond donors (Lipinski definition) is 1. The van der Waals surface area contributed by atoms with E-state index in [4.69, 9.17) is 5.11 Å². The first-order valence-electron chi connectivity index (χ1n) is 6.01. The van der Waals surface area contributed by atoms with Crippen LogP contribution in [0.15, 0.2) is 53.5 Å². The van der Waals surface area contributed by atoms with Gasteiger partial charge in [0.2, 0.25) is 0 Å². The summed E-state index contributed by atoms with van der Waals surface area (Å²) in [7, 11) is 0. The maximum atomic E-state index is 12.1. The molecule has 0 saturated heterocycles. The molecule has 0 radical (unpaired) electrons. The minimum Gasteiger partial charge on any atom is -0.478 e. The van der Waals surface area contributed by atoms with Crippen LogP contribution < -0.4 is 5.69 Å². The van der Waals surface area contributed by atoms with Crippen molar-refractivity contribution in [2.45, 2.75) is 6.54 Å². The molecule has 0 aliphatic heterocycles. The zero-order valence-corrected chi connectivity index (χ0v) is 10.4. The molecule has 0 aliphatic carbocycles. The lowest BCUT2D eigenvalue weighted by Gasteiger charge is -2.01. The Morgan fingerprint density at radius 1 is 1.20 bits per heavy atom. The van der Waals surface area contributed by atoms with Crippen LogP contribution in [-0.4, -0.2) is 25.3 Å². The van der Waals surface area contributed by atoms with Gasteiger partial charge >= 0.3 is 11.7 Å². The summed E-state index contributed by atoms with van der Waals surface area (Å²) in [6.07, 6.45) is 1.65. The molecule has 2 heterocycles. The standard InChI is InChI=1S/C14H11N3O3/c18-13(19)11-5-3-4-10(8-11)9-17-14(20)16-7-2-1-6-12(16)15-17/h1-8H,9H2,(H,18,19). The van der Waals surface area contributed by atoms with Gasteiger partial charge in [-0.1, -0.05) is 18.2 Å². The molecule has 0 spiro atoms. The third-order valence-electron chi connectivity index (χ3n) is 2.99. The van der Waals surface area contributed by atoms with Crippen molar-refractivity contribution >= 4 is 11.6 Å². The first-order chi connectivity index (χ1) is 9.65. The van der Waals surface area contributed by atoms with E-state index in [0.29, 0.717) is 5.65 Å². The molecule has 6 heteroatoms. The van der Waals surface area contributed by atoms with Gasteiger partial charge in [-0.25, -0.2) is 14.3 Å². The average molecular weight is 269 g/mol. The smallest absolute Gasteiger partial charge is 0.350 e. The Bertz CT molecular complexity index is 848. The summed E-state index contributed by atoms with van der Waals surface area (Å²) < 4.78 is 2.76. The summed E-state index contributed by atoms with van der Waals surface area (Å²) in [5.41, 5.74) is 1.22. The fourth-order valence-corrected chi connectivity index (χ4v) is 2.05. The molecule has 3 rings (SSSR count).